The van der Waals surface area contributed by atoms with E-state index in [1.807, 2.05) is 19.1 Å². The Hall–Kier alpha value is -0.990. The van der Waals surface area contributed by atoms with E-state index in [1.165, 1.54) is 9.75 Å². The zero-order valence-corrected chi connectivity index (χ0v) is 12.4. The Morgan fingerprint density at radius 3 is 2.61 bits per heavy atom. The van der Waals surface area contributed by atoms with Crippen LogP contribution in [-0.2, 0) is 6.42 Å². The third kappa shape index (κ3) is 2.70. The van der Waals surface area contributed by atoms with Gasteiger partial charge in [0.25, 0.3) is 0 Å². The summed E-state index contributed by atoms with van der Waals surface area (Å²) >= 11 is 8.33. The lowest BCUT2D eigenvalue weighted by molar-refractivity contribution is 0.411. The highest BCUT2D eigenvalue weighted by Gasteiger charge is 2.14. The number of alkyl halides is 1. The summed E-state index contributed by atoms with van der Waals surface area (Å²) in [6.45, 7) is 4.20. The van der Waals surface area contributed by atoms with E-state index < -0.39 is 0 Å². The van der Waals surface area contributed by atoms with Crippen LogP contribution >= 0.6 is 22.9 Å². The van der Waals surface area contributed by atoms with Gasteiger partial charge in [-0.1, -0.05) is 19.1 Å². The van der Waals surface area contributed by atoms with Gasteiger partial charge in [-0.3, -0.25) is 0 Å². The number of halogens is 1. The van der Waals surface area contributed by atoms with Gasteiger partial charge in [0.15, 0.2) is 0 Å². The molecule has 1 unspecified atom stereocenters. The summed E-state index contributed by atoms with van der Waals surface area (Å²) < 4.78 is 5.27. The van der Waals surface area contributed by atoms with Crippen LogP contribution in [-0.4, -0.2) is 7.11 Å². The summed E-state index contributed by atoms with van der Waals surface area (Å²) in [4.78, 5) is 2.58. The van der Waals surface area contributed by atoms with Crippen LogP contribution in [0.1, 0.15) is 33.2 Å². The summed E-state index contributed by atoms with van der Waals surface area (Å²) in [5.74, 6) is 0.906. The first-order chi connectivity index (χ1) is 8.65. The van der Waals surface area contributed by atoms with Crippen molar-refractivity contribution in [3.05, 3.63) is 51.2 Å². The summed E-state index contributed by atoms with van der Waals surface area (Å²) in [6.07, 6.45) is 1.07. The molecule has 0 aliphatic rings. The van der Waals surface area contributed by atoms with E-state index in [-0.39, 0.29) is 5.38 Å². The van der Waals surface area contributed by atoms with Gasteiger partial charge in [0.05, 0.1) is 12.5 Å². The molecule has 2 aromatic rings. The predicted molar refractivity (Wildman–Crippen MR) is 79.1 cm³/mol. The van der Waals surface area contributed by atoms with Gasteiger partial charge in [0.2, 0.25) is 0 Å². The Labute approximate surface area is 117 Å². The topological polar surface area (TPSA) is 9.23 Å². The van der Waals surface area contributed by atoms with E-state index >= 15 is 0 Å². The maximum atomic E-state index is 6.54. The molecule has 1 aromatic carbocycles. The largest absolute Gasteiger partial charge is 0.496 e. The van der Waals surface area contributed by atoms with Gasteiger partial charge in [0, 0.05) is 9.75 Å². The van der Waals surface area contributed by atoms with Crippen LogP contribution in [0.4, 0.5) is 0 Å². The van der Waals surface area contributed by atoms with Crippen molar-refractivity contribution < 1.29 is 4.74 Å². The van der Waals surface area contributed by atoms with E-state index in [1.54, 1.807) is 18.4 Å². The summed E-state index contributed by atoms with van der Waals surface area (Å²) in [6, 6.07) is 10.4. The number of ether oxygens (including phenoxy) is 1. The van der Waals surface area contributed by atoms with Crippen LogP contribution in [0.5, 0.6) is 5.75 Å². The minimum absolute atomic E-state index is 0.0695. The quantitative estimate of drug-likeness (QED) is 0.720. The molecular weight excluding hydrogens is 264 g/mol. The van der Waals surface area contributed by atoms with Crippen LogP contribution in [0.3, 0.4) is 0 Å². The molecular formula is C15H17ClOS. The van der Waals surface area contributed by atoms with E-state index in [2.05, 4.69) is 25.1 Å². The smallest absolute Gasteiger partial charge is 0.121 e. The summed E-state index contributed by atoms with van der Waals surface area (Å²) in [5, 5.41) is -0.0695. The Morgan fingerprint density at radius 2 is 2.06 bits per heavy atom. The second-order valence-corrected chi connectivity index (χ2v) is 5.89. The molecule has 0 amide bonds. The molecule has 0 bridgehead atoms. The third-order valence-corrected chi connectivity index (χ3v) is 4.90. The van der Waals surface area contributed by atoms with Crippen molar-refractivity contribution in [2.45, 2.75) is 25.6 Å². The third-order valence-electron chi connectivity index (χ3n) is 2.99. The van der Waals surface area contributed by atoms with Crippen LogP contribution in [0.2, 0.25) is 0 Å². The molecule has 0 N–H and O–H groups in total. The summed E-state index contributed by atoms with van der Waals surface area (Å²) in [7, 11) is 1.69. The number of thiophene rings is 1. The van der Waals surface area contributed by atoms with Crippen LogP contribution in [0.15, 0.2) is 30.3 Å². The first-order valence-corrected chi connectivity index (χ1v) is 7.28. The highest BCUT2D eigenvalue weighted by Crippen LogP contribution is 2.35. The van der Waals surface area contributed by atoms with Crippen molar-refractivity contribution in [1.29, 1.82) is 0 Å². The van der Waals surface area contributed by atoms with E-state index in [9.17, 15) is 0 Å². The second-order valence-electron chi connectivity index (χ2n) is 4.25. The normalized spacial score (nSPS) is 12.4. The fourth-order valence-electron chi connectivity index (χ4n) is 1.94. The Balaban J connectivity index is 2.27. The minimum atomic E-state index is -0.0695. The number of aryl methyl sites for hydroxylation is 2. The number of methoxy groups -OCH3 is 1. The highest BCUT2D eigenvalue weighted by molar-refractivity contribution is 7.12. The fraction of sp³-hybridized carbons (Fsp3) is 0.333. The van der Waals surface area contributed by atoms with E-state index in [0.717, 1.165) is 23.3 Å². The molecule has 1 atom stereocenters. The SMILES string of the molecule is CCc1ccc(C(Cl)c2ccc(OC)c(C)c2)s1. The van der Waals surface area contributed by atoms with Gasteiger partial charge in [0.1, 0.15) is 5.75 Å². The van der Waals surface area contributed by atoms with Gasteiger partial charge in [-0.25, -0.2) is 0 Å². The van der Waals surface area contributed by atoms with Crippen molar-refractivity contribution in [3.8, 4) is 5.75 Å². The molecule has 0 spiro atoms. The fourth-order valence-corrected chi connectivity index (χ4v) is 3.25. The molecule has 1 aromatic heterocycles. The molecule has 0 saturated heterocycles. The van der Waals surface area contributed by atoms with Gasteiger partial charge < -0.3 is 4.74 Å². The molecule has 0 radical (unpaired) electrons. The lowest BCUT2D eigenvalue weighted by Crippen LogP contribution is -1.93. The molecule has 0 fully saturated rings. The van der Waals surface area contributed by atoms with Gasteiger partial charge in [-0.15, -0.1) is 22.9 Å². The van der Waals surface area contributed by atoms with Crippen molar-refractivity contribution >= 4 is 22.9 Å². The van der Waals surface area contributed by atoms with Gasteiger partial charge in [-0.05, 0) is 42.7 Å². The minimum Gasteiger partial charge on any atom is -0.496 e. The second kappa shape index (κ2) is 5.77. The molecule has 1 nitrogen and oxygen atoms in total. The Bertz CT molecular complexity index is 533. The van der Waals surface area contributed by atoms with Gasteiger partial charge in [-0.2, -0.15) is 0 Å². The number of benzene rings is 1. The van der Waals surface area contributed by atoms with Crippen molar-refractivity contribution in [3.63, 3.8) is 0 Å². The number of rotatable bonds is 4. The van der Waals surface area contributed by atoms with E-state index in [4.69, 9.17) is 16.3 Å². The predicted octanol–water partition coefficient (Wildman–Crippen LogP) is 4.96. The lowest BCUT2D eigenvalue weighted by Gasteiger charge is -2.11. The molecule has 0 aliphatic heterocycles. The van der Waals surface area contributed by atoms with Crippen molar-refractivity contribution in [1.82, 2.24) is 0 Å². The molecule has 0 aliphatic carbocycles. The number of hydrogen-bond acceptors (Lipinski definition) is 2. The molecule has 96 valence electrons. The average Bonchev–Trinajstić information content (AvgIpc) is 2.86. The van der Waals surface area contributed by atoms with Crippen LogP contribution in [0.25, 0.3) is 0 Å². The highest BCUT2D eigenvalue weighted by atomic mass is 35.5. The zero-order valence-electron chi connectivity index (χ0n) is 10.9. The average molecular weight is 281 g/mol. The standard InChI is InChI=1S/C15H17ClOS/c1-4-12-6-8-14(18-12)15(16)11-5-7-13(17-3)10(2)9-11/h5-9,15H,4H2,1-3H3. The Morgan fingerprint density at radius 1 is 1.28 bits per heavy atom. The first-order valence-electron chi connectivity index (χ1n) is 6.03. The monoisotopic (exact) mass is 280 g/mol. The number of hydrogen-bond donors (Lipinski definition) is 0. The molecule has 0 saturated carbocycles. The molecule has 18 heavy (non-hydrogen) atoms. The van der Waals surface area contributed by atoms with Crippen LogP contribution in [0, 0.1) is 6.92 Å². The van der Waals surface area contributed by atoms with Crippen molar-refractivity contribution in [2.24, 2.45) is 0 Å². The Kier molecular flexibility index (Phi) is 4.31. The van der Waals surface area contributed by atoms with Crippen molar-refractivity contribution in [2.75, 3.05) is 7.11 Å². The molecule has 3 heteroatoms. The first kappa shape index (κ1) is 13.4. The van der Waals surface area contributed by atoms with Crippen LogP contribution < -0.4 is 4.74 Å². The maximum absolute atomic E-state index is 6.54. The zero-order chi connectivity index (χ0) is 13.1. The lowest BCUT2D eigenvalue weighted by atomic mass is 10.1. The van der Waals surface area contributed by atoms with Gasteiger partial charge >= 0.3 is 0 Å². The molecule has 1 heterocycles. The maximum Gasteiger partial charge on any atom is 0.121 e. The van der Waals surface area contributed by atoms with E-state index in [0.29, 0.717) is 0 Å². The summed E-state index contributed by atoms with van der Waals surface area (Å²) in [5.41, 5.74) is 2.24. The molecule has 2 rings (SSSR count).